The van der Waals surface area contributed by atoms with Crippen molar-refractivity contribution in [3.05, 3.63) is 210 Å². The lowest BCUT2D eigenvalue weighted by Crippen LogP contribution is -2.41. The summed E-state index contributed by atoms with van der Waals surface area (Å²) in [5.41, 5.74) is 16.8. The summed E-state index contributed by atoms with van der Waals surface area (Å²) >= 11 is 0. The van der Waals surface area contributed by atoms with Crippen molar-refractivity contribution in [2.45, 2.75) is 75.5 Å². The van der Waals surface area contributed by atoms with Crippen LogP contribution < -0.4 is 16.4 Å². The molecular formula is C60H63N7O9. The highest BCUT2D eigenvalue weighted by Crippen LogP contribution is 2.45. The van der Waals surface area contributed by atoms with Crippen LogP contribution in [0.2, 0.25) is 0 Å². The van der Waals surface area contributed by atoms with Gasteiger partial charge in [-0.05, 0) is 133 Å². The van der Waals surface area contributed by atoms with E-state index >= 15 is 0 Å². The Morgan fingerprint density at radius 1 is 0.526 bits per heavy atom. The molecule has 0 saturated carbocycles. The predicted octanol–water partition coefficient (Wildman–Crippen LogP) is 9.64. The number of carboxylic acids is 2. The lowest BCUT2D eigenvalue weighted by atomic mass is 9.98. The molecule has 16 heteroatoms. The molecule has 7 aromatic rings. The van der Waals surface area contributed by atoms with Gasteiger partial charge in [-0.3, -0.25) is 24.6 Å². The number of hydrogen-bond acceptors (Lipinski definition) is 12. The minimum Gasteiger partial charge on any atom is -0.480 e. The number of nitrogens with zero attached hydrogens (tertiary/aromatic N) is 4. The van der Waals surface area contributed by atoms with E-state index in [1.54, 1.807) is 36.8 Å². The summed E-state index contributed by atoms with van der Waals surface area (Å²) in [6.07, 6.45) is 7.82. The fourth-order valence-electron chi connectivity index (χ4n) is 9.36. The molecule has 0 saturated heterocycles. The molecule has 0 bridgehead atoms. The zero-order chi connectivity index (χ0) is 53.5. The molecule has 0 radical (unpaired) electrons. The number of nitrogens with one attached hydrogen (secondary N) is 2. The first kappa shape index (κ1) is 55.2. The zero-order valence-corrected chi connectivity index (χ0v) is 42.2. The first-order chi connectivity index (χ1) is 37.1. The maximum Gasteiger partial charge on any atom is 0.407 e. The van der Waals surface area contributed by atoms with Gasteiger partial charge in [0.15, 0.2) is 6.29 Å². The van der Waals surface area contributed by atoms with Crippen LogP contribution >= 0.6 is 0 Å². The molecule has 2 unspecified atom stereocenters. The number of fused-ring (bicyclic) bond motifs is 6. The van der Waals surface area contributed by atoms with Crippen LogP contribution in [0.15, 0.2) is 170 Å². The van der Waals surface area contributed by atoms with Crippen LogP contribution in [0.5, 0.6) is 0 Å². The second-order valence-corrected chi connectivity index (χ2v) is 18.2. The van der Waals surface area contributed by atoms with Gasteiger partial charge in [-0.15, -0.1) is 0 Å². The molecule has 9 rings (SSSR count). The quantitative estimate of drug-likeness (QED) is 0.0314. The third-order valence-corrected chi connectivity index (χ3v) is 13.1. The van der Waals surface area contributed by atoms with Gasteiger partial charge in [0.1, 0.15) is 31.0 Å². The zero-order valence-electron chi connectivity index (χ0n) is 42.2. The Balaban J connectivity index is 0.000000205. The van der Waals surface area contributed by atoms with Crippen LogP contribution in [-0.2, 0) is 32.2 Å². The Morgan fingerprint density at radius 2 is 0.908 bits per heavy atom. The molecule has 2 aliphatic carbocycles. The molecule has 2 atom stereocenters. The van der Waals surface area contributed by atoms with Crippen LogP contribution in [0.25, 0.3) is 22.3 Å². The van der Waals surface area contributed by atoms with Crippen molar-refractivity contribution in [1.29, 1.82) is 0 Å². The SMILES string of the molecule is NCCCCC(NC(=O)OCC1c2ccccc2-c2ccccc21)C(=O)O.O=C(NC(CCCCN(Cc1ccccn1)Cc1ccccn1)C(=O)O)OCC1c2ccccc2-c2ccccc21.O=Cc1ccccn1. The number of rotatable bonds is 22. The highest BCUT2D eigenvalue weighted by Gasteiger charge is 2.31. The van der Waals surface area contributed by atoms with E-state index in [1.165, 1.54) is 0 Å². The number of alkyl carbamates (subject to hydrolysis) is 2. The average Bonchev–Trinajstić information content (AvgIpc) is 3.95. The van der Waals surface area contributed by atoms with Crippen LogP contribution in [0.1, 0.15) is 94.5 Å². The van der Waals surface area contributed by atoms with E-state index in [0.29, 0.717) is 51.0 Å². The standard InChI is InChI=1S/C33H34N4O4.C21H24N2O4.C6H5NO/c38-32(39)31(17-7-10-20-37(21-24-11-5-8-18-34-24)22-25-12-6-9-19-35-25)36-33(40)41-23-30-28-15-3-1-13-26(28)27-14-2-4-16-29(27)30;22-12-6-5-11-19(20(24)25)23-21(26)27-13-18-16-9-3-1-7-14(16)15-8-2-4-10-17(15)18;8-5-6-3-1-2-4-7-6/h1-6,8-9,11-16,18-19,30-31H,7,10,17,20-23H2,(H,36,40)(H,38,39);1-4,7-10,18-19H,5-6,11-13,22H2,(H,23,26)(H,24,25);1-5H. The van der Waals surface area contributed by atoms with E-state index in [9.17, 15) is 34.2 Å². The van der Waals surface area contributed by atoms with E-state index < -0.39 is 36.2 Å². The molecule has 2 aliphatic rings. The number of unbranched alkanes of at least 4 members (excludes halogenated alkanes) is 2. The molecule has 3 heterocycles. The first-order valence-electron chi connectivity index (χ1n) is 25.4. The van der Waals surface area contributed by atoms with Crippen molar-refractivity contribution in [3.8, 4) is 22.3 Å². The monoisotopic (exact) mass is 1030 g/mol. The van der Waals surface area contributed by atoms with E-state index in [2.05, 4.69) is 54.8 Å². The van der Waals surface area contributed by atoms with E-state index in [4.69, 9.17) is 15.2 Å². The van der Waals surface area contributed by atoms with Crippen molar-refractivity contribution in [1.82, 2.24) is 30.5 Å². The molecule has 3 aromatic heterocycles. The van der Waals surface area contributed by atoms with Gasteiger partial charge in [0.05, 0.1) is 11.4 Å². The van der Waals surface area contributed by atoms with Gasteiger partial charge < -0.3 is 36.1 Å². The summed E-state index contributed by atoms with van der Waals surface area (Å²) in [4.78, 5) is 72.9. The number of carbonyl (C=O) groups excluding carboxylic acids is 3. The van der Waals surface area contributed by atoms with E-state index in [1.807, 2.05) is 109 Å². The van der Waals surface area contributed by atoms with Crippen LogP contribution in [0, 0.1) is 0 Å². The fraction of sp³-hybridized carbons (Fsp3) is 0.267. The van der Waals surface area contributed by atoms with Gasteiger partial charge in [-0.1, -0.05) is 115 Å². The predicted molar refractivity (Wildman–Crippen MR) is 288 cm³/mol. The number of carbonyl (C=O) groups is 5. The summed E-state index contributed by atoms with van der Waals surface area (Å²) in [6.45, 7) is 2.87. The third kappa shape index (κ3) is 15.7. The lowest BCUT2D eigenvalue weighted by Gasteiger charge is -2.22. The number of pyridine rings is 3. The van der Waals surface area contributed by atoms with Gasteiger partial charge in [0, 0.05) is 43.5 Å². The van der Waals surface area contributed by atoms with Crippen molar-refractivity contribution in [2.75, 3.05) is 26.3 Å². The Morgan fingerprint density at radius 3 is 1.25 bits per heavy atom. The molecule has 6 N–H and O–H groups in total. The van der Waals surface area contributed by atoms with Gasteiger partial charge >= 0.3 is 24.1 Å². The molecule has 0 spiro atoms. The minimum absolute atomic E-state index is 0.0522. The highest BCUT2D eigenvalue weighted by molar-refractivity contribution is 5.82. The largest absolute Gasteiger partial charge is 0.480 e. The number of benzene rings is 4. The van der Waals surface area contributed by atoms with Crippen molar-refractivity contribution in [2.24, 2.45) is 5.73 Å². The minimum atomic E-state index is -1.07. The summed E-state index contributed by atoms with van der Waals surface area (Å²) in [5, 5.41) is 24.0. The Hall–Kier alpha value is -8.60. The summed E-state index contributed by atoms with van der Waals surface area (Å²) in [5.74, 6) is -2.28. The van der Waals surface area contributed by atoms with Crippen molar-refractivity contribution in [3.63, 3.8) is 0 Å². The van der Waals surface area contributed by atoms with Crippen molar-refractivity contribution >= 4 is 30.4 Å². The Labute approximate surface area is 442 Å². The summed E-state index contributed by atoms with van der Waals surface area (Å²) in [7, 11) is 0. The number of amides is 2. The smallest absolute Gasteiger partial charge is 0.407 e. The molecule has 2 amide bonds. The second-order valence-electron chi connectivity index (χ2n) is 18.2. The normalized spacial score (nSPS) is 12.7. The van der Waals surface area contributed by atoms with Crippen LogP contribution in [0.4, 0.5) is 9.59 Å². The number of aldehydes is 1. The number of aliphatic carboxylic acids is 2. The number of nitrogens with two attached hydrogens (primary N) is 1. The maximum absolute atomic E-state index is 12.7. The van der Waals surface area contributed by atoms with E-state index in [0.717, 1.165) is 81.6 Å². The molecular weight excluding hydrogens is 963 g/mol. The summed E-state index contributed by atoms with van der Waals surface area (Å²) in [6, 6.07) is 47.2. The average molecular weight is 1030 g/mol. The van der Waals surface area contributed by atoms with E-state index in [-0.39, 0.29) is 25.0 Å². The van der Waals surface area contributed by atoms with Crippen LogP contribution in [0.3, 0.4) is 0 Å². The number of aromatic nitrogens is 3. The molecule has 16 nitrogen and oxygen atoms in total. The molecule has 0 aliphatic heterocycles. The number of carboxylic acid groups (broad SMARTS) is 2. The van der Waals surface area contributed by atoms with Gasteiger partial charge in [-0.25, -0.2) is 19.2 Å². The molecule has 0 fully saturated rings. The van der Waals surface area contributed by atoms with Gasteiger partial charge in [0.25, 0.3) is 0 Å². The molecule has 392 valence electrons. The molecule has 76 heavy (non-hydrogen) atoms. The van der Waals surface area contributed by atoms with Crippen molar-refractivity contribution < 1.29 is 43.7 Å². The van der Waals surface area contributed by atoms with Gasteiger partial charge in [-0.2, -0.15) is 0 Å². The second kappa shape index (κ2) is 28.7. The van der Waals surface area contributed by atoms with Gasteiger partial charge in [0.2, 0.25) is 0 Å². The number of ether oxygens (including phenoxy) is 2. The maximum atomic E-state index is 12.7. The topological polar surface area (TPSA) is 236 Å². The number of hydrogen-bond donors (Lipinski definition) is 5. The summed E-state index contributed by atoms with van der Waals surface area (Å²) < 4.78 is 11.0. The fourth-order valence-corrected chi connectivity index (χ4v) is 9.36. The molecule has 4 aromatic carbocycles. The highest BCUT2D eigenvalue weighted by atomic mass is 16.6. The van der Waals surface area contributed by atoms with Crippen LogP contribution in [-0.4, -0.2) is 98.9 Å². The first-order valence-corrected chi connectivity index (χ1v) is 25.4. The Kier molecular flexibility index (Phi) is 20.9. The lowest BCUT2D eigenvalue weighted by molar-refractivity contribution is -0.140. The third-order valence-electron chi connectivity index (χ3n) is 13.1. The Bertz CT molecular complexity index is 2850.